The Morgan fingerprint density at radius 1 is 0.340 bits per heavy atom. The van der Waals surface area contributed by atoms with Gasteiger partial charge in [-0.1, -0.05) is 383 Å². The van der Waals surface area contributed by atoms with E-state index >= 15 is 0 Å². The molecule has 0 unspecified atom stereocenters. The SMILES string of the molecule is C=Cc1cc(C[C@@H]2CNCCO2)ccc1OC.[Pd].c1ccc(P(c2ccccc2)c2ccccc2)cc1.c1ccc(P(c2ccccc2)c2ccccc2)cc1.c1ccc(P(c2ccccc2)c2ccccc2)cc1.c1ccc(P(c2ccccc2)c2ccccc2)cc1. The molecule has 0 radical (unpaired) electrons. The third-order valence-electron chi connectivity index (χ3n) is 15.2. The zero-order chi connectivity index (χ0) is 63.8. The molecular formula is C86H79NO2P4Pd. The fourth-order valence-electron chi connectivity index (χ4n) is 10.8. The first-order chi connectivity index (χ1) is 46.1. The number of morpholine rings is 1. The summed E-state index contributed by atoms with van der Waals surface area (Å²) in [6, 6.07) is 135. The van der Waals surface area contributed by atoms with E-state index in [1.165, 1.54) is 69.2 Å². The van der Waals surface area contributed by atoms with Crippen LogP contribution in [0.15, 0.2) is 389 Å². The zero-order valence-corrected chi connectivity index (χ0v) is 58.1. The molecule has 14 rings (SSSR count). The van der Waals surface area contributed by atoms with Gasteiger partial charge in [-0.25, -0.2) is 0 Å². The van der Waals surface area contributed by atoms with Gasteiger partial charge in [-0.15, -0.1) is 0 Å². The smallest absolute Gasteiger partial charge is 0.126 e. The topological polar surface area (TPSA) is 30.5 Å². The number of hydrogen-bond donors (Lipinski definition) is 1. The minimum atomic E-state index is -0.446. The van der Waals surface area contributed by atoms with E-state index in [0.29, 0.717) is 0 Å². The van der Waals surface area contributed by atoms with Crippen molar-refractivity contribution in [1.82, 2.24) is 5.32 Å². The Balaban J connectivity index is 0.000000138. The van der Waals surface area contributed by atoms with Gasteiger partial charge in [0.05, 0.1) is 19.8 Å². The Morgan fingerprint density at radius 2 is 0.553 bits per heavy atom. The average Bonchev–Trinajstić information content (AvgIpc) is 1.12. The molecule has 94 heavy (non-hydrogen) atoms. The minimum Gasteiger partial charge on any atom is -0.496 e. The Hall–Kier alpha value is -8.30. The molecule has 0 amide bonds. The number of hydrogen-bond acceptors (Lipinski definition) is 3. The van der Waals surface area contributed by atoms with Crippen LogP contribution in [-0.2, 0) is 31.6 Å². The summed E-state index contributed by atoms with van der Waals surface area (Å²) in [5, 5.41) is 20.1. The number of benzene rings is 13. The van der Waals surface area contributed by atoms with E-state index in [1.807, 2.05) is 12.1 Å². The average molecular weight is 1390 g/mol. The van der Waals surface area contributed by atoms with Crippen LogP contribution in [-0.4, -0.2) is 32.9 Å². The quantitative estimate of drug-likeness (QED) is 0.0773. The fraction of sp³-hybridized carbons (Fsp3) is 0.0698. The maximum absolute atomic E-state index is 5.69. The van der Waals surface area contributed by atoms with Crippen LogP contribution >= 0.6 is 31.7 Å². The van der Waals surface area contributed by atoms with Gasteiger partial charge >= 0.3 is 0 Å². The van der Waals surface area contributed by atoms with Gasteiger partial charge in [-0.05, 0) is 119 Å². The number of ether oxygens (including phenoxy) is 2. The summed E-state index contributed by atoms with van der Waals surface area (Å²) in [7, 11) is -0.107. The molecule has 0 saturated carbocycles. The maximum atomic E-state index is 5.69. The number of nitrogens with one attached hydrogen (secondary N) is 1. The summed E-state index contributed by atoms with van der Waals surface area (Å²) < 4.78 is 11.0. The first-order valence-electron chi connectivity index (χ1n) is 31.6. The van der Waals surface area contributed by atoms with Crippen molar-refractivity contribution < 1.29 is 29.9 Å². The number of methoxy groups -OCH3 is 1. The minimum absolute atomic E-state index is 0. The molecule has 0 aliphatic carbocycles. The molecule has 1 N–H and O–H groups in total. The standard InChI is InChI=1S/4C18H15P.C14H19NO2.Pd/c4*1-4-10-16(11-5-1)19(17-12-6-2-7-13-17)18-14-8-3-9-15-18;1-3-12-8-11(4-5-14(12)16-2)9-13-10-15-6-7-17-13;/h4*1-15H;3-5,8,13,15H,1,6-7,9-10H2,2H3;/t;;;;13-;/m....1./s1. The van der Waals surface area contributed by atoms with Crippen molar-refractivity contribution >= 4 is 101 Å². The normalized spacial score (nSPS) is 12.2. The van der Waals surface area contributed by atoms with Crippen LogP contribution in [0.25, 0.3) is 6.08 Å². The van der Waals surface area contributed by atoms with Crippen molar-refractivity contribution in [3.05, 3.63) is 400 Å². The summed E-state index contributed by atoms with van der Waals surface area (Å²) in [5.74, 6) is 0.867. The molecule has 0 aromatic heterocycles. The van der Waals surface area contributed by atoms with Crippen molar-refractivity contribution in [3.8, 4) is 5.75 Å². The molecule has 1 saturated heterocycles. The number of rotatable bonds is 16. The first-order valence-corrected chi connectivity index (χ1v) is 36.9. The van der Waals surface area contributed by atoms with Crippen LogP contribution in [0.1, 0.15) is 11.1 Å². The van der Waals surface area contributed by atoms with E-state index in [4.69, 9.17) is 9.47 Å². The second-order valence-electron chi connectivity index (χ2n) is 21.5. The molecular weight excluding hydrogens is 1310 g/mol. The van der Waals surface area contributed by atoms with Gasteiger partial charge in [0.1, 0.15) is 5.75 Å². The van der Waals surface area contributed by atoms with Gasteiger partial charge in [-0.2, -0.15) is 0 Å². The van der Waals surface area contributed by atoms with E-state index in [2.05, 4.69) is 388 Å². The molecule has 13 aromatic rings. The van der Waals surface area contributed by atoms with Crippen molar-refractivity contribution in [2.45, 2.75) is 12.5 Å². The summed E-state index contributed by atoms with van der Waals surface area (Å²) in [5.41, 5.74) is 2.29. The van der Waals surface area contributed by atoms with Crippen LogP contribution in [0.2, 0.25) is 0 Å². The Kier molecular flexibility index (Phi) is 29.4. The Morgan fingerprint density at radius 3 is 0.723 bits per heavy atom. The van der Waals surface area contributed by atoms with Gasteiger partial charge in [0.2, 0.25) is 0 Å². The molecule has 470 valence electrons. The molecule has 8 heteroatoms. The molecule has 1 fully saturated rings. The van der Waals surface area contributed by atoms with Crippen LogP contribution < -0.4 is 73.7 Å². The fourth-order valence-corrected chi connectivity index (χ4v) is 20.0. The van der Waals surface area contributed by atoms with Crippen LogP contribution in [0.3, 0.4) is 0 Å². The zero-order valence-electron chi connectivity index (χ0n) is 53.0. The van der Waals surface area contributed by atoms with Gasteiger partial charge < -0.3 is 14.8 Å². The van der Waals surface area contributed by atoms with Crippen molar-refractivity contribution in [2.75, 3.05) is 26.8 Å². The summed E-state index contributed by atoms with van der Waals surface area (Å²) in [6.07, 6.45) is 3.02. The van der Waals surface area contributed by atoms with Gasteiger partial charge in [0.25, 0.3) is 0 Å². The maximum Gasteiger partial charge on any atom is 0.126 e. The molecule has 1 aliphatic heterocycles. The third-order valence-corrected chi connectivity index (χ3v) is 24.9. The van der Waals surface area contributed by atoms with Gasteiger partial charge in [0.15, 0.2) is 0 Å². The van der Waals surface area contributed by atoms with E-state index in [1.54, 1.807) is 7.11 Å². The predicted octanol–water partition coefficient (Wildman–Crippen LogP) is 15.6. The first kappa shape index (κ1) is 70.0. The van der Waals surface area contributed by atoms with E-state index < -0.39 is 31.7 Å². The second kappa shape index (κ2) is 39.4. The molecule has 1 aliphatic rings. The summed E-state index contributed by atoms with van der Waals surface area (Å²) in [4.78, 5) is 0. The predicted molar refractivity (Wildman–Crippen MR) is 410 cm³/mol. The molecule has 0 spiro atoms. The van der Waals surface area contributed by atoms with Crippen LogP contribution in [0, 0.1) is 0 Å². The third kappa shape index (κ3) is 21.1. The molecule has 0 bridgehead atoms. The van der Waals surface area contributed by atoms with Gasteiger partial charge in [-0.3, -0.25) is 0 Å². The van der Waals surface area contributed by atoms with E-state index in [9.17, 15) is 0 Å². The van der Waals surface area contributed by atoms with E-state index in [-0.39, 0.29) is 26.5 Å². The van der Waals surface area contributed by atoms with Crippen molar-refractivity contribution in [3.63, 3.8) is 0 Å². The monoisotopic (exact) mass is 1390 g/mol. The molecule has 1 heterocycles. The van der Waals surface area contributed by atoms with Gasteiger partial charge in [0, 0.05) is 39.1 Å². The van der Waals surface area contributed by atoms with Crippen LogP contribution in [0.5, 0.6) is 5.75 Å². The molecule has 1 atom stereocenters. The van der Waals surface area contributed by atoms with E-state index in [0.717, 1.165) is 37.4 Å². The summed E-state index contributed by atoms with van der Waals surface area (Å²) in [6.45, 7) is 6.49. The molecule has 3 nitrogen and oxygen atoms in total. The Labute approximate surface area is 577 Å². The van der Waals surface area contributed by atoms with Crippen molar-refractivity contribution in [2.24, 2.45) is 0 Å². The Bertz CT molecular complexity index is 3290. The molecule has 13 aromatic carbocycles. The largest absolute Gasteiger partial charge is 0.496 e. The summed E-state index contributed by atoms with van der Waals surface area (Å²) >= 11 is 0. The van der Waals surface area contributed by atoms with Crippen LogP contribution in [0.4, 0.5) is 0 Å². The second-order valence-corrected chi connectivity index (χ2v) is 30.4. The van der Waals surface area contributed by atoms with Crippen molar-refractivity contribution in [1.29, 1.82) is 0 Å².